The molecule has 2 aromatic carbocycles. The lowest BCUT2D eigenvalue weighted by molar-refractivity contribution is -0.118. The fourth-order valence-electron chi connectivity index (χ4n) is 3.26. The zero-order chi connectivity index (χ0) is 23.2. The van der Waals surface area contributed by atoms with E-state index in [-0.39, 0.29) is 17.7 Å². The third-order valence-corrected chi connectivity index (χ3v) is 6.23. The molecule has 2 N–H and O–H groups in total. The summed E-state index contributed by atoms with van der Waals surface area (Å²) in [6, 6.07) is 21.0. The number of pyridine rings is 1. The van der Waals surface area contributed by atoms with Crippen LogP contribution >= 0.6 is 11.8 Å². The molecule has 6 nitrogen and oxygen atoms in total. The van der Waals surface area contributed by atoms with Crippen molar-refractivity contribution in [2.24, 2.45) is 5.92 Å². The molecule has 33 heavy (non-hydrogen) atoms. The van der Waals surface area contributed by atoms with Crippen LogP contribution in [0, 0.1) is 5.92 Å². The van der Waals surface area contributed by atoms with Gasteiger partial charge in [0.2, 0.25) is 5.91 Å². The van der Waals surface area contributed by atoms with Crippen molar-refractivity contribution < 1.29 is 9.59 Å². The highest BCUT2D eigenvalue weighted by Gasteiger charge is 2.12. The maximum atomic E-state index is 12.9. The van der Waals surface area contributed by atoms with E-state index in [9.17, 15) is 9.59 Å². The summed E-state index contributed by atoms with van der Waals surface area (Å²) in [5, 5.41) is 5.86. The molecule has 0 bridgehead atoms. The van der Waals surface area contributed by atoms with Crippen molar-refractivity contribution >= 4 is 34.9 Å². The van der Waals surface area contributed by atoms with Gasteiger partial charge in [0.1, 0.15) is 5.65 Å². The molecule has 0 atom stereocenters. The standard InChI is InChI=1S/C26H26N4O2S/c1-18(2)25(31)29-20-12-10-19(11-13-20)15-27-26(32)22-7-3-4-8-23(22)33-17-21-16-30-14-6-5-9-24(30)28-21/h3-14,16,18H,15,17H2,1-2H3,(H,27,32)(H,29,31). The molecular formula is C26H26N4O2S. The van der Waals surface area contributed by atoms with Gasteiger partial charge in [-0.2, -0.15) is 0 Å². The average molecular weight is 459 g/mol. The molecule has 0 saturated heterocycles. The molecule has 0 radical (unpaired) electrons. The Morgan fingerprint density at radius 3 is 2.52 bits per heavy atom. The zero-order valence-corrected chi connectivity index (χ0v) is 19.4. The minimum atomic E-state index is -0.120. The van der Waals surface area contributed by atoms with Crippen LogP contribution in [0.3, 0.4) is 0 Å². The number of carbonyl (C=O) groups is 2. The minimum Gasteiger partial charge on any atom is -0.348 e. The number of nitrogens with one attached hydrogen (secondary N) is 2. The highest BCUT2D eigenvalue weighted by Crippen LogP contribution is 2.26. The van der Waals surface area contributed by atoms with Gasteiger partial charge in [0.25, 0.3) is 5.91 Å². The number of amides is 2. The predicted octanol–water partition coefficient (Wildman–Crippen LogP) is 5.15. The van der Waals surface area contributed by atoms with Crippen LogP contribution in [0.1, 0.15) is 35.5 Å². The van der Waals surface area contributed by atoms with E-state index >= 15 is 0 Å². The van der Waals surface area contributed by atoms with Gasteiger partial charge in [-0.25, -0.2) is 4.98 Å². The van der Waals surface area contributed by atoms with Gasteiger partial charge in [0.15, 0.2) is 0 Å². The van der Waals surface area contributed by atoms with Gasteiger partial charge < -0.3 is 15.0 Å². The van der Waals surface area contributed by atoms with E-state index in [1.54, 1.807) is 11.8 Å². The van der Waals surface area contributed by atoms with E-state index in [1.807, 2.05) is 97.4 Å². The maximum Gasteiger partial charge on any atom is 0.252 e. The van der Waals surface area contributed by atoms with Gasteiger partial charge in [0, 0.05) is 41.2 Å². The van der Waals surface area contributed by atoms with Gasteiger partial charge in [0.05, 0.1) is 11.3 Å². The van der Waals surface area contributed by atoms with Crippen LogP contribution in [-0.4, -0.2) is 21.2 Å². The second kappa shape index (κ2) is 10.4. The summed E-state index contributed by atoms with van der Waals surface area (Å²) in [5.74, 6) is 0.462. The normalized spacial score (nSPS) is 11.0. The second-order valence-electron chi connectivity index (χ2n) is 8.01. The number of anilines is 1. The van der Waals surface area contributed by atoms with Gasteiger partial charge in [-0.05, 0) is 42.0 Å². The Morgan fingerprint density at radius 1 is 1.00 bits per heavy atom. The predicted molar refractivity (Wildman–Crippen MR) is 132 cm³/mol. The lowest BCUT2D eigenvalue weighted by atomic mass is 10.1. The molecule has 2 aromatic heterocycles. The van der Waals surface area contributed by atoms with Crippen molar-refractivity contribution in [2.75, 3.05) is 5.32 Å². The molecule has 0 spiro atoms. The summed E-state index contributed by atoms with van der Waals surface area (Å²) in [5.41, 5.74) is 4.23. The fraction of sp³-hybridized carbons (Fsp3) is 0.192. The molecule has 0 fully saturated rings. The van der Waals surface area contributed by atoms with E-state index in [0.717, 1.165) is 27.5 Å². The number of imidazole rings is 1. The van der Waals surface area contributed by atoms with Crippen molar-refractivity contribution in [3.05, 3.63) is 95.9 Å². The van der Waals surface area contributed by atoms with Crippen LogP contribution < -0.4 is 10.6 Å². The molecule has 4 rings (SSSR count). The van der Waals surface area contributed by atoms with E-state index in [0.29, 0.717) is 17.9 Å². The molecule has 2 amide bonds. The molecular weight excluding hydrogens is 432 g/mol. The number of carbonyl (C=O) groups excluding carboxylic acids is 2. The first-order valence-electron chi connectivity index (χ1n) is 10.8. The Bertz CT molecular complexity index is 1230. The first-order valence-corrected chi connectivity index (χ1v) is 11.8. The second-order valence-corrected chi connectivity index (χ2v) is 9.02. The smallest absolute Gasteiger partial charge is 0.252 e. The van der Waals surface area contributed by atoms with E-state index in [4.69, 9.17) is 0 Å². The lowest BCUT2D eigenvalue weighted by Gasteiger charge is -2.11. The highest BCUT2D eigenvalue weighted by atomic mass is 32.2. The van der Waals surface area contributed by atoms with E-state index in [1.165, 1.54) is 0 Å². The Hall–Kier alpha value is -3.58. The SMILES string of the molecule is CC(C)C(=O)Nc1ccc(CNC(=O)c2ccccc2SCc2cn3ccccc3n2)cc1. The van der Waals surface area contributed by atoms with Gasteiger partial charge in [-0.3, -0.25) is 9.59 Å². The Balaban J connectivity index is 1.36. The minimum absolute atomic E-state index is 0.0196. The number of nitrogens with zero attached hydrogens (tertiary/aromatic N) is 2. The van der Waals surface area contributed by atoms with Crippen LogP contribution in [-0.2, 0) is 17.1 Å². The van der Waals surface area contributed by atoms with Crippen molar-refractivity contribution in [3.63, 3.8) is 0 Å². The number of fused-ring (bicyclic) bond motifs is 1. The number of thioether (sulfide) groups is 1. The molecule has 7 heteroatoms. The van der Waals surface area contributed by atoms with Crippen molar-refractivity contribution in [1.82, 2.24) is 14.7 Å². The van der Waals surface area contributed by atoms with Crippen molar-refractivity contribution in [2.45, 2.75) is 31.0 Å². The lowest BCUT2D eigenvalue weighted by Crippen LogP contribution is -2.23. The molecule has 2 heterocycles. The summed E-state index contributed by atoms with van der Waals surface area (Å²) in [7, 11) is 0. The summed E-state index contributed by atoms with van der Waals surface area (Å²) in [6.45, 7) is 4.11. The highest BCUT2D eigenvalue weighted by molar-refractivity contribution is 7.98. The third-order valence-electron chi connectivity index (χ3n) is 5.12. The molecule has 0 saturated carbocycles. The monoisotopic (exact) mass is 458 g/mol. The number of hydrogen-bond acceptors (Lipinski definition) is 4. The van der Waals surface area contributed by atoms with Gasteiger partial charge in [-0.15, -0.1) is 11.8 Å². The summed E-state index contributed by atoms with van der Waals surface area (Å²) >= 11 is 1.60. The Morgan fingerprint density at radius 2 is 1.76 bits per heavy atom. The summed E-state index contributed by atoms with van der Waals surface area (Å²) < 4.78 is 1.99. The van der Waals surface area contributed by atoms with Crippen LogP contribution in [0.4, 0.5) is 5.69 Å². The van der Waals surface area contributed by atoms with Crippen LogP contribution in [0.5, 0.6) is 0 Å². The largest absolute Gasteiger partial charge is 0.348 e. The van der Waals surface area contributed by atoms with Crippen LogP contribution in [0.25, 0.3) is 5.65 Å². The molecule has 4 aromatic rings. The van der Waals surface area contributed by atoms with E-state index in [2.05, 4.69) is 15.6 Å². The maximum absolute atomic E-state index is 12.9. The molecule has 0 aliphatic carbocycles. The van der Waals surface area contributed by atoms with Crippen LogP contribution in [0.15, 0.2) is 84.0 Å². The topological polar surface area (TPSA) is 75.5 Å². The Labute approximate surface area is 197 Å². The number of rotatable bonds is 8. The number of benzene rings is 2. The number of hydrogen-bond donors (Lipinski definition) is 2. The molecule has 0 unspecified atom stereocenters. The molecule has 0 aliphatic rings. The van der Waals surface area contributed by atoms with E-state index < -0.39 is 0 Å². The van der Waals surface area contributed by atoms with Crippen molar-refractivity contribution in [1.29, 1.82) is 0 Å². The molecule has 0 aliphatic heterocycles. The summed E-state index contributed by atoms with van der Waals surface area (Å²) in [6.07, 6.45) is 3.99. The first-order chi connectivity index (χ1) is 16.0. The van der Waals surface area contributed by atoms with Gasteiger partial charge in [-0.1, -0.05) is 44.2 Å². The third kappa shape index (κ3) is 5.81. The number of aromatic nitrogens is 2. The fourth-order valence-corrected chi connectivity index (χ4v) is 4.19. The van der Waals surface area contributed by atoms with Crippen LogP contribution in [0.2, 0.25) is 0 Å². The van der Waals surface area contributed by atoms with Crippen molar-refractivity contribution in [3.8, 4) is 0 Å². The summed E-state index contributed by atoms with van der Waals surface area (Å²) in [4.78, 5) is 30.2. The average Bonchev–Trinajstić information content (AvgIpc) is 3.25. The quantitative estimate of drug-likeness (QED) is 0.358. The van der Waals surface area contributed by atoms with Gasteiger partial charge >= 0.3 is 0 Å². The Kier molecular flexibility index (Phi) is 7.10. The zero-order valence-electron chi connectivity index (χ0n) is 18.6. The first kappa shape index (κ1) is 22.6. The molecule has 168 valence electrons.